The standard InChI is InChI=1S/C8H15NO2/c1-3-4-5-9-7(2)6-8(10)11/h6,9H,3-5H2,1-2H3,(H,10,11)/b7-6-. The van der Waals surface area contributed by atoms with Gasteiger partial charge in [0.15, 0.2) is 0 Å². The van der Waals surface area contributed by atoms with Gasteiger partial charge in [-0.3, -0.25) is 0 Å². The molecule has 11 heavy (non-hydrogen) atoms. The zero-order chi connectivity index (χ0) is 8.69. The third-order valence-electron chi connectivity index (χ3n) is 1.27. The van der Waals surface area contributed by atoms with Crippen LogP contribution in [-0.2, 0) is 4.79 Å². The van der Waals surface area contributed by atoms with Crippen molar-refractivity contribution in [2.45, 2.75) is 26.7 Å². The first kappa shape index (κ1) is 10.0. The van der Waals surface area contributed by atoms with Crippen LogP contribution in [0.25, 0.3) is 0 Å². The van der Waals surface area contributed by atoms with Crippen molar-refractivity contribution < 1.29 is 9.90 Å². The van der Waals surface area contributed by atoms with Gasteiger partial charge in [0, 0.05) is 18.3 Å². The molecule has 0 atom stereocenters. The van der Waals surface area contributed by atoms with Crippen LogP contribution >= 0.6 is 0 Å². The van der Waals surface area contributed by atoms with Crippen molar-refractivity contribution in [3.8, 4) is 0 Å². The first-order chi connectivity index (χ1) is 5.16. The molecular formula is C8H15NO2. The van der Waals surface area contributed by atoms with Gasteiger partial charge in [-0.25, -0.2) is 4.79 Å². The van der Waals surface area contributed by atoms with Crippen molar-refractivity contribution in [2.75, 3.05) is 6.54 Å². The van der Waals surface area contributed by atoms with E-state index in [-0.39, 0.29) is 0 Å². The second kappa shape index (κ2) is 5.77. The Labute approximate surface area is 67.1 Å². The van der Waals surface area contributed by atoms with Gasteiger partial charge in [0.1, 0.15) is 0 Å². The number of carbonyl (C=O) groups is 1. The molecule has 3 heteroatoms. The lowest BCUT2D eigenvalue weighted by Crippen LogP contribution is -2.13. The number of carboxylic acid groups (broad SMARTS) is 1. The van der Waals surface area contributed by atoms with Gasteiger partial charge in [-0.1, -0.05) is 13.3 Å². The van der Waals surface area contributed by atoms with Crippen molar-refractivity contribution in [3.63, 3.8) is 0 Å². The summed E-state index contributed by atoms with van der Waals surface area (Å²) in [6.07, 6.45) is 3.37. The fourth-order valence-electron chi connectivity index (χ4n) is 0.699. The van der Waals surface area contributed by atoms with E-state index < -0.39 is 5.97 Å². The molecule has 0 aromatic rings. The lowest BCUT2D eigenvalue weighted by atomic mass is 10.3. The van der Waals surface area contributed by atoms with E-state index in [2.05, 4.69) is 12.2 Å². The average Bonchev–Trinajstić information content (AvgIpc) is 1.86. The van der Waals surface area contributed by atoms with Crippen LogP contribution in [0.15, 0.2) is 11.8 Å². The summed E-state index contributed by atoms with van der Waals surface area (Å²) >= 11 is 0. The lowest BCUT2D eigenvalue weighted by molar-refractivity contribution is -0.131. The summed E-state index contributed by atoms with van der Waals surface area (Å²) in [5.74, 6) is -0.897. The van der Waals surface area contributed by atoms with E-state index in [1.54, 1.807) is 6.92 Å². The van der Waals surface area contributed by atoms with E-state index in [9.17, 15) is 4.79 Å². The number of rotatable bonds is 5. The molecule has 0 aliphatic rings. The molecule has 0 spiro atoms. The minimum atomic E-state index is -0.897. The van der Waals surface area contributed by atoms with E-state index >= 15 is 0 Å². The summed E-state index contributed by atoms with van der Waals surface area (Å²) in [7, 11) is 0. The SMILES string of the molecule is CCCCN/C(C)=C\C(=O)O. The maximum atomic E-state index is 10.1. The van der Waals surface area contributed by atoms with Gasteiger partial charge in [-0.15, -0.1) is 0 Å². The molecule has 2 N–H and O–H groups in total. The highest BCUT2D eigenvalue weighted by Crippen LogP contribution is 1.88. The molecule has 0 aromatic carbocycles. The maximum Gasteiger partial charge on any atom is 0.330 e. The Kier molecular flexibility index (Phi) is 5.25. The van der Waals surface area contributed by atoms with Crippen molar-refractivity contribution in [1.29, 1.82) is 0 Å². The largest absolute Gasteiger partial charge is 0.478 e. The molecule has 0 aliphatic heterocycles. The molecule has 0 amide bonds. The van der Waals surface area contributed by atoms with E-state index in [1.807, 2.05) is 0 Å². The van der Waals surface area contributed by atoms with Crippen molar-refractivity contribution in [2.24, 2.45) is 0 Å². The molecule has 0 unspecified atom stereocenters. The predicted molar refractivity (Wildman–Crippen MR) is 44.3 cm³/mol. The fraction of sp³-hybridized carbons (Fsp3) is 0.625. The van der Waals surface area contributed by atoms with E-state index in [4.69, 9.17) is 5.11 Å². The molecule has 0 fully saturated rings. The summed E-state index contributed by atoms with van der Waals surface area (Å²) in [5.41, 5.74) is 0.714. The van der Waals surface area contributed by atoms with Crippen molar-refractivity contribution in [3.05, 3.63) is 11.8 Å². The van der Waals surface area contributed by atoms with Crippen molar-refractivity contribution in [1.82, 2.24) is 5.32 Å². The van der Waals surface area contributed by atoms with Crippen LogP contribution in [0.5, 0.6) is 0 Å². The first-order valence-electron chi connectivity index (χ1n) is 3.82. The molecule has 0 radical (unpaired) electrons. The molecule has 0 saturated carbocycles. The summed E-state index contributed by atoms with van der Waals surface area (Å²) in [4.78, 5) is 10.1. The summed E-state index contributed by atoms with van der Waals surface area (Å²) in [6.45, 7) is 4.70. The molecule has 0 aliphatic carbocycles. The smallest absolute Gasteiger partial charge is 0.330 e. The minimum absolute atomic E-state index is 0.714. The number of unbranched alkanes of at least 4 members (excludes halogenated alkanes) is 1. The van der Waals surface area contributed by atoms with Gasteiger partial charge in [0.05, 0.1) is 0 Å². The number of hydrogen-bond acceptors (Lipinski definition) is 2. The van der Waals surface area contributed by atoms with Crippen LogP contribution in [0.2, 0.25) is 0 Å². The van der Waals surface area contributed by atoms with E-state index in [0.29, 0.717) is 5.70 Å². The molecule has 3 nitrogen and oxygen atoms in total. The Morgan fingerprint density at radius 2 is 2.27 bits per heavy atom. The quantitative estimate of drug-likeness (QED) is 0.468. The Morgan fingerprint density at radius 3 is 2.73 bits per heavy atom. The molecule has 0 saturated heterocycles. The van der Waals surface area contributed by atoms with Crippen LogP contribution in [0.4, 0.5) is 0 Å². The van der Waals surface area contributed by atoms with Crippen LogP contribution in [-0.4, -0.2) is 17.6 Å². The van der Waals surface area contributed by atoms with E-state index in [0.717, 1.165) is 19.4 Å². The second-order valence-corrected chi connectivity index (χ2v) is 2.45. The van der Waals surface area contributed by atoms with Crippen LogP contribution in [0, 0.1) is 0 Å². The Balaban J connectivity index is 3.51. The Bertz CT molecular complexity index is 152. The highest BCUT2D eigenvalue weighted by molar-refractivity contribution is 5.80. The molecule has 0 rings (SSSR count). The monoisotopic (exact) mass is 157 g/mol. The van der Waals surface area contributed by atoms with E-state index in [1.165, 1.54) is 6.08 Å². The predicted octanol–water partition coefficient (Wildman–Crippen LogP) is 1.36. The van der Waals surface area contributed by atoms with Gasteiger partial charge in [0.25, 0.3) is 0 Å². The number of carboxylic acids is 1. The zero-order valence-electron chi connectivity index (χ0n) is 7.05. The highest BCUT2D eigenvalue weighted by Gasteiger charge is 1.91. The minimum Gasteiger partial charge on any atom is -0.478 e. The molecule has 0 heterocycles. The van der Waals surface area contributed by atoms with Gasteiger partial charge < -0.3 is 10.4 Å². The number of hydrogen-bond donors (Lipinski definition) is 2. The summed E-state index contributed by atoms with van der Waals surface area (Å²) in [6, 6.07) is 0. The topological polar surface area (TPSA) is 49.3 Å². The van der Waals surface area contributed by atoms with Gasteiger partial charge in [0.2, 0.25) is 0 Å². The van der Waals surface area contributed by atoms with Gasteiger partial charge in [-0.05, 0) is 13.3 Å². The normalized spacial score (nSPS) is 11.3. The van der Waals surface area contributed by atoms with Crippen LogP contribution < -0.4 is 5.32 Å². The highest BCUT2D eigenvalue weighted by atomic mass is 16.4. The first-order valence-corrected chi connectivity index (χ1v) is 3.82. The van der Waals surface area contributed by atoms with Crippen LogP contribution in [0.1, 0.15) is 26.7 Å². The van der Waals surface area contributed by atoms with Crippen molar-refractivity contribution >= 4 is 5.97 Å². The zero-order valence-corrected chi connectivity index (χ0v) is 7.05. The van der Waals surface area contributed by atoms with Gasteiger partial charge >= 0.3 is 5.97 Å². The summed E-state index contributed by atoms with van der Waals surface area (Å²) in [5, 5.41) is 11.3. The van der Waals surface area contributed by atoms with Crippen LogP contribution in [0.3, 0.4) is 0 Å². The second-order valence-electron chi connectivity index (χ2n) is 2.45. The third kappa shape index (κ3) is 6.90. The molecular weight excluding hydrogens is 142 g/mol. The third-order valence-corrected chi connectivity index (χ3v) is 1.27. The average molecular weight is 157 g/mol. The summed E-state index contributed by atoms with van der Waals surface area (Å²) < 4.78 is 0. The molecule has 64 valence electrons. The fourth-order valence-corrected chi connectivity index (χ4v) is 0.699. The Morgan fingerprint density at radius 1 is 1.64 bits per heavy atom. The number of nitrogens with one attached hydrogen (secondary N) is 1. The molecule has 0 aromatic heterocycles. The molecule has 0 bridgehead atoms. The number of allylic oxidation sites excluding steroid dienone is 1. The number of aliphatic carboxylic acids is 1. The Hall–Kier alpha value is -0.990. The lowest BCUT2D eigenvalue weighted by Gasteiger charge is -2.02. The van der Waals surface area contributed by atoms with Gasteiger partial charge in [-0.2, -0.15) is 0 Å². The maximum absolute atomic E-state index is 10.1.